The van der Waals surface area contributed by atoms with Crippen LogP contribution in [-0.2, 0) is 6.54 Å². The molecular formula is C14H25BrN2S. The van der Waals surface area contributed by atoms with Crippen LogP contribution in [0.15, 0.2) is 4.47 Å². The first-order chi connectivity index (χ1) is 8.49. The zero-order valence-corrected chi connectivity index (χ0v) is 14.4. The fourth-order valence-corrected chi connectivity index (χ4v) is 3.40. The van der Waals surface area contributed by atoms with Crippen LogP contribution < -0.4 is 0 Å². The fraction of sp³-hybridized carbons (Fsp3) is 0.786. The number of hydrogen-bond acceptors (Lipinski definition) is 2. The normalized spacial score (nSPS) is 12.1. The molecule has 0 atom stereocenters. The van der Waals surface area contributed by atoms with Crippen LogP contribution >= 0.6 is 28.6 Å². The lowest BCUT2D eigenvalue weighted by atomic mass is 9.81. The third-order valence-electron chi connectivity index (χ3n) is 3.67. The maximum absolute atomic E-state index is 4.64. The molecule has 0 saturated heterocycles. The van der Waals surface area contributed by atoms with E-state index >= 15 is 0 Å². The van der Waals surface area contributed by atoms with Crippen LogP contribution in [0.5, 0.6) is 0 Å². The predicted molar refractivity (Wildman–Crippen MR) is 85.5 cm³/mol. The van der Waals surface area contributed by atoms with Crippen LogP contribution in [0.2, 0.25) is 0 Å². The molecule has 4 heteroatoms. The van der Waals surface area contributed by atoms with Crippen molar-refractivity contribution in [2.75, 3.05) is 5.75 Å². The molecule has 0 radical (unpaired) electrons. The van der Waals surface area contributed by atoms with Crippen molar-refractivity contribution in [3.8, 4) is 0 Å². The van der Waals surface area contributed by atoms with Gasteiger partial charge >= 0.3 is 0 Å². The Balaban J connectivity index is 2.98. The number of aromatic nitrogens is 2. The van der Waals surface area contributed by atoms with Crippen molar-refractivity contribution in [3.63, 3.8) is 0 Å². The van der Waals surface area contributed by atoms with Gasteiger partial charge in [0.1, 0.15) is 0 Å². The first kappa shape index (κ1) is 16.1. The topological polar surface area (TPSA) is 17.8 Å². The molecule has 1 rings (SSSR count). The Morgan fingerprint density at radius 1 is 1.22 bits per heavy atom. The zero-order chi connectivity index (χ0) is 13.8. The summed E-state index contributed by atoms with van der Waals surface area (Å²) in [6, 6.07) is 0. The Morgan fingerprint density at radius 2 is 1.78 bits per heavy atom. The van der Waals surface area contributed by atoms with Crippen LogP contribution in [0.3, 0.4) is 0 Å². The summed E-state index contributed by atoms with van der Waals surface area (Å²) in [6.07, 6.45) is 4.86. The van der Waals surface area contributed by atoms with Gasteiger partial charge in [-0.25, -0.2) is 0 Å². The van der Waals surface area contributed by atoms with Gasteiger partial charge in [0, 0.05) is 12.2 Å². The highest BCUT2D eigenvalue weighted by Gasteiger charge is 2.28. The van der Waals surface area contributed by atoms with Gasteiger partial charge in [0.05, 0.1) is 10.2 Å². The van der Waals surface area contributed by atoms with Crippen molar-refractivity contribution in [2.45, 2.75) is 59.9 Å². The van der Waals surface area contributed by atoms with Crippen LogP contribution in [0.25, 0.3) is 0 Å². The Hall–Kier alpha value is 0.0400. The van der Waals surface area contributed by atoms with E-state index in [1.807, 2.05) is 0 Å². The lowest BCUT2D eigenvalue weighted by molar-refractivity contribution is 0.219. The highest BCUT2D eigenvalue weighted by atomic mass is 79.9. The molecule has 1 aromatic heterocycles. The zero-order valence-electron chi connectivity index (χ0n) is 12.0. The average molecular weight is 333 g/mol. The van der Waals surface area contributed by atoms with Crippen LogP contribution in [0.4, 0.5) is 0 Å². The lowest BCUT2D eigenvalue weighted by Crippen LogP contribution is -2.30. The van der Waals surface area contributed by atoms with Gasteiger partial charge in [-0.05, 0) is 53.8 Å². The number of nitrogens with zero attached hydrogens (tertiary/aromatic N) is 2. The summed E-state index contributed by atoms with van der Waals surface area (Å²) in [7, 11) is 0. The molecule has 2 nitrogen and oxygen atoms in total. The van der Waals surface area contributed by atoms with Crippen LogP contribution in [0, 0.1) is 19.3 Å². The highest BCUT2D eigenvalue weighted by molar-refractivity contribution is 9.10. The largest absolute Gasteiger partial charge is 0.268 e. The molecule has 0 fully saturated rings. The summed E-state index contributed by atoms with van der Waals surface area (Å²) in [5.74, 6) is 0.935. The fourth-order valence-electron chi connectivity index (χ4n) is 2.70. The van der Waals surface area contributed by atoms with E-state index in [1.54, 1.807) is 0 Å². The number of rotatable bonds is 7. The number of halogens is 1. The van der Waals surface area contributed by atoms with Crippen LogP contribution in [0.1, 0.15) is 50.9 Å². The Bertz CT molecular complexity index is 381. The van der Waals surface area contributed by atoms with E-state index in [4.69, 9.17) is 0 Å². The van der Waals surface area contributed by atoms with Crippen molar-refractivity contribution in [1.29, 1.82) is 0 Å². The van der Waals surface area contributed by atoms with E-state index in [2.05, 4.69) is 66.0 Å². The van der Waals surface area contributed by atoms with Gasteiger partial charge in [-0.2, -0.15) is 17.7 Å². The second-order valence-corrected chi connectivity index (χ2v) is 6.41. The lowest BCUT2D eigenvalue weighted by Gasteiger charge is -2.32. The maximum atomic E-state index is 4.64. The minimum Gasteiger partial charge on any atom is -0.268 e. The molecule has 0 N–H and O–H groups in total. The van der Waals surface area contributed by atoms with E-state index in [-0.39, 0.29) is 5.41 Å². The molecule has 1 heterocycles. The molecule has 0 aliphatic carbocycles. The summed E-state index contributed by atoms with van der Waals surface area (Å²) in [4.78, 5) is 0. The Labute approximate surface area is 125 Å². The number of aryl methyl sites for hydroxylation is 1. The minimum atomic E-state index is 0.287. The smallest absolute Gasteiger partial charge is 0.0738 e. The monoisotopic (exact) mass is 332 g/mol. The van der Waals surface area contributed by atoms with Crippen LogP contribution in [-0.4, -0.2) is 15.5 Å². The van der Waals surface area contributed by atoms with Gasteiger partial charge in [0.2, 0.25) is 0 Å². The molecule has 0 aliphatic rings. The van der Waals surface area contributed by atoms with Crippen molar-refractivity contribution < 1.29 is 0 Å². The first-order valence-electron chi connectivity index (χ1n) is 6.80. The van der Waals surface area contributed by atoms with E-state index in [9.17, 15) is 0 Å². The minimum absolute atomic E-state index is 0.287. The molecule has 104 valence electrons. The van der Waals surface area contributed by atoms with Gasteiger partial charge in [-0.1, -0.05) is 26.7 Å². The summed E-state index contributed by atoms with van der Waals surface area (Å²) >= 11 is 8.22. The van der Waals surface area contributed by atoms with Crippen molar-refractivity contribution in [2.24, 2.45) is 5.41 Å². The Morgan fingerprint density at radius 3 is 2.11 bits per heavy atom. The predicted octanol–water partition coefficient (Wildman–Crippen LogP) is 4.78. The van der Waals surface area contributed by atoms with E-state index in [0.29, 0.717) is 0 Å². The molecule has 0 aromatic carbocycles. The quantitative estimate of drug-likeness (QED) is 0.711. The van der Waals surface area contributed by atoms with Crippen molar-refractivity contribution >= 4 is 28.6 Å². The molecule has 1 aromatic rings. The van der Waals surface area contributed by atoms with Gasteiger partial charge < -0.3 is 0 Å². The van der Waals surface area contributed by atoms with Gasteiger partial charge in [-0.3, -0.25) is 4.68 Å². The van der Waals surface area contributed by atoms with Crippen molar-refractivity contribution in [1.82, 2.24) is 9.78 Å². The van der Waals surface area contributed by atoms with Gasteiger partial charge in [-0.15, -0.1) is 0 Å². The summed E-state index contributed by atoms with van der Waals surface area (Å²) in [5.41, 5.74) is 2.59. The average Bonchev–Trinajstić information content (AvgIpc) is 2.57. The summed E-state index contributed by atoms with van der Waals surface area (Å²) in [5, 5.41) is 4.64. The molecule has 0 unspecified atom stereocenters. The highest BCUT2D eigenvalue weighted by Crippen LogP contribution is 2.34. The molecule has 0 amide bonds. The number of thiol groups is 1. The van der Waals surface area contributed by atoms with E-state index in [1.165, 1.54) is 31.4 Å². The molecule has 0 saturated carbocycles. The SMILES string of the molecule is CCCC(CS)(CCC)Cn1nc(C)c(Br)c1C. The maximum Gasteiger partial charge on any atom is 0.0738 e. The standard InChI is InChI=1S/C14H25BrN2S/c1-5-7-14(10-18,8-6-2)9-17-12(4)13(15)11(3)16-17/h18H,5-10H2,1-4H3. The molecule has 0 bridgehead atoms. The van der Waals surface area contributed by atoms with Gasteiger partial charge in [0.15, 0.2) is 0 Å². The van der Waals surface area contributed by atoms with Gasteiger partial charge in [0.25, 0.3) is 0 Å². The molecule has 18 heavy (non-hydrogen) atoms. The molecule has 0 aliphatic heterocycles. The van der Waals surface area contributed by atoms with E-state index < -0.39 is 0 Å². The third kappa shape index (κ3) is 3.53. The first-order valence-corrected chi connectivity index (χ1v) is 8.22. The summed E-state index contributed by atoms with van der Waals surface area (Å²) < 4.78 is 3.30. The third-order valence-corrected chi connectivity index (χ3v) is 5.49. The Kier molecular flexibility index (Phi) is 6.25. The summed E-state index contributed by atoms with van der Waals surface area (Å²) in [6.45, 7) is 9.67. The van der Waals surface area contributed by atoms with Crippen molar-refractivity contribution in [3.05, 3.63) is 15.9 Å². The second-order valence-electron chi connectivity index (χ2n) is 5.30. The van der Waals surface area contributed by atoms with E-state index in [0.717, 1.165) is 22.5 Å². The number of hydrogen-bond donors (Lipinski definition) is 1. The molecular weight excluding hydrogens is 308 g/mol. The second kappa shape index (κ2) is 6.99. The molecule has 0 spiro atoms.